The Kier molecular flexibility index (Phi) is 3.28. The first-order valence-electron chi connectivity index (χ1n) is 6.64. The van der Waals surface area contributed by atoms with Crippen LogP contribution < -0.4 is 5.73 Å². The van der Waals surface area contributed by atoms with Gasteiger partial charge in [0, 0.05) is 12.2 Å². The molecule has 0 atom stereocenters. The van der Waals surface area contributed by atoms with Gasteiger partial charge in [0.15, 0.2) is 0 Å². The van der Waals surface area contributed by atoms with Gasteiger partial charge in [-0.3, -0.25) is 14.5 Å². The maximum absolute atomic E-state index is 12.1. The number of rotatable bonds is 3. The number of fused-ring (bicyclic) bond motifs is 1. The molecule has 2 amide bonds. The molecular weight excluding hydrogens is 264 g/mol. The van der Waals surface area contributed by atoms with Gasteiger partial charge >= 0.3 is 0 Å². The molecule has 0 saturated carbocycles. The van der Waals surface area contributed by atoms with E-state index in [4.69, 9.17) is 5.73 Å². The predicted molar refractivity (Wildman–Crippen MR) is 81.7 cm³/mol. The third kappa shape index (κ3) is 2.43. The van der Waals surface area contributed by atoms with Gasteiger partial charge in [0.2, 0.25) is 0 Å². The number of nitrogens with two attached hydrogens (primary N) is 1. The lowest BCUT2D eigenvalue weighted by Crippen LogP contribution is -2.29. The van der Waals surface area contributed by atoms with Crippen LogP contribution >= 0.6 is 0 Å². The number of hydrogen-bond donors (Lipinski definition) is 1. The fraction of sp³-hybridized carbons (Fsp3) is 0.0588. The van der Waals surface area contributed by atoms with E-state index in [1.54, 1.807) is 30.3 Å². The summed E-state index contributed by atoms with van der Waals surface area (Å²) in [6.45, 7) is 0.261. The second-order valence-corrected chi connectivity index (χ2v) is 4.84. The molecule has 2 N–H and O–H groups in total. The van der Waals surface area contributed by atoms with E-state index in [9.17, 15) is 9.59 Å². The Bertz CT molecular complexity index is 698. The van der Waals surface area contributed by atoms with Crippen LogP contribution in [0.4, 0.5) is 5.69 Å². The molecule has 21 heavy (non-hydrogen) atoms. The van der Waals surface area contributed by atoms with Gasteiger partial charge in [-0.1, -0.05) is 36.4 Å². The third-order valence-corrected chi connectivity index (χ3v) is 3.41. The van der Waals surface area contributed by atoms with E-state index in [2.05, 4.69) is 0 Å². The van der Waals surface area contributed by atoms with Crippen molar-refractivity contribution in [2.75, 3.05) is 12.3 Å². The Morgan fingerprint density at radius 3 is 2.05 bits per heavy atom. The first-order valence-corrected chi connectivity index (χ1v) is 6.64. The maximum Gasteiger partial charge on any atom is 0.261 e. The van der Waals surface area contributed by atoms with Crippen molar-refractivity contribution in [2.24, 2.45) is 0 Å². The molecule has 4 nitrogen and oxygen atoms in total. The van der Waals surface area contributed by atoms with Gasteiger partial charge in [-0.2, -0.15) is 0 Å². The van der Waals surface area contributed by atoms with Crippen LogP contribution in [0.25, 0.3) is 6.08 Å². The zero-order chi connectivity index (χ0) is 14.8. The van der Waals surface area contributed by atoms with E-state index in [-0.39, 0.29) is 18.4 Å². The molecule has 0 unspecified atom stereocenters. The summed E-state index contributed by atoms with van der Waals surface area (Å²) in [5.74, 6) is -0.477. The van der Waals surface area contributed by atoms with Crippen molar-refractivity contribution in [1.82, 2.24) is 4.90 Å². The van der Waals surface area contributed by atoms with E-state index in [0.717, 1.165) is 5.56 Å². The van der Waals surface area contributed by atoms with Gasteiger partial charge in [0.25, 0.3) is 11.8 Å². The number of amides is 2. The lowest BCUT2D eigenvalue weighted by molar-refractivity contribution is 0.0672. The second-order valence-electron chi connectivity index (χ2n) is 4.84. The first kappa shape index (κ1) is 13.1. The molecule has 0 aliphatic carbocycles. The molecule has 0 spiro atoms. The summed E-state index contributed by atoms with van der Waals surface area (Å²) in [7, 11) is 0. The Labute approximate surface area is 122 Å². The number of carbonyl (C=O) groups excluding carboxylic acids is 2. The maximum atomic E-state index is 12.1. The number of anilines is 1. The van der Waals surface area contributed by atoms with Crippen LogP contribution in [0.2, 0.25) is 0 Å². The number of nitrogen functional groups attached to an aromatic ring is 1. The van der Waals surface area contributed by atoms with Crippen LogP contribution in [0.3, 0.4) is 0 Å². The smallest absolute Gasteiger partial charge is 0.261 e. The summed E-state index contributed by atoms with van der Waals surface area (Å²) in [4.78, 5) is 25.5. The Morgan fingerprint density at radius 2 is 1.48 bits per heavy atom. The lowest BCUT2D eigenvalue weighted by Gasteiger charge is -2.10. The van der Waals surface area contributed by atoms with Crippen molar-refractivity contribution in [2.45, 2.75) is 0 Å². The molecule has 4 heteroatoms. The fourth-order valence-electron chi connectivity index (χ4n) is 2.31. The summed E-state index contributed by atoms with van der Waals surface area (Å²) in [6, 6.07) is 14.3. The number of carbonyl (C=O) groups is 2. The van der Waals surface area contributed by atoms with Crippen LogP contribution in [-0.4, -0.2) is 23.3 Å². The molecule has 0 fully saturated rings. The van der Waals surface area contributed by atoms with Crippen molar-refractivity contribution in [1.29, 1.82) is 0 Å². The molecule has 0 bridgehead atoms. The predicted octanol–water partition coefficient (Wildman–Crippen LogP) is 2.58. The topological polar surface area (TPSA) is 63.4 Å². The normalized spacial score (nSPS) is 14.0. The highest BCUT2D eigenvalue weighted by Gasteiger charge is 2.33. The van der Waals surface area contributed by atoms with Crippen LogP contribution in [0.15, 0.2) is 54.6 Å². The van der Waals surface area contributed by atoms with Crippen LogP contribution in [0.5, 0.6) is 0 Å². The van der Waals surface area contributed by atoms with Crippen molar-refractivity contribution < 1.29 is 9.59 Å². The van der Waals surface area contributed by atoms with Gasteiger partial charge in [-0.05, 0) is 29.8 Å². The molecule has 1 heterocycles. The number of hydrogen-bond acceptors (Lipinski definition) is 3. The largest absolute Gasteiger partial charge is 0.399 e. The Hall–Kier alpha value is -2.88. The highest BCUT2D eigenvalue weighted by Crippen LogP contribution is 2.22. The monoisotopic (exact) mass is 278 g/mol. The van der Waals surface area contributed by atoms with E-state index in [1.807, 2.05) is 30.3 Å². The molecule has 2 aromatic rings. The zero-order valence-corrected chi connectivity index (χ0v) is 11.3. The van der Waals surface area contributed by atoms with Crippen LogP contribution in [-0.2, 0) is 0 Å². The summed E-state index contributed by atoms with van der Waals surface area (Å²) in [5.41, 5.74) is 8.24. The molecule has 0 saturated heterocycles. The molecule has 2 aromatic carbocycles. The summed E-state index contributed by atoms with van der Waals surface area (Å²) in [5, 5.41) is 0. The zero-order valence-electron chi connectivity index (χ0n) is 11.3. The molecule has 1 aliphatic heterocycles. The van der Waals surface area contributed by atoms with Crippen molar-refractivity contribution >= 4 is 23.6 Å². The number of nitrogens with zero attached hydrogens (tertiary/aromatic N) is 1. The van der Waals surface area contributed by atoms with Crippen LogP contribution in [0.1, 0.15) is 26.3 Å². The standard InChI is InChI=1S/C17H14N2O2/c18-13-9-7-12(8-10-13)4-3-11-19-16(20)14-5-1-2-6-15(14)17(19)21/h1-10H,11,18H2. The van der Waals surface area contributed by atoms with Gasteiger partial charge in [0.1, 0.15) is 0 Å². The second kappa shape index (κ2) is 5.25. The van der Waals surface area contributed by atoms with Crippen molar-refractivity contribution in [3.63, 3.8) is 0 Å². The average molecular weight is 278 g/mol. The summed E-state index contributed by atoms with van der Waals surface area (Å²) >= 11 is 0. The highest BCUT2D eigenvalue weighted by atomic mass is 16.2. The van der Waals surface area contributed by atoms with E-state index in [0.29, 0.717) is 16.8 Å². The molecule has 0 aromatic heterocycles. The minimum absolute atomic E-state index is 0.238. The molecule has 0 radical (unpaired) electrons. The van der Waals surface area contributed by atoms with Gasteiger partial charge in [-0.15, -0.1) is 0 Å². The Morgan fingerprint density at radius 1 is 0.905 bits per heavy atom. The molecule has 3 rings (SSSR count). The number of imide groups is 1. The third-order valence-electron chi connectivity index (χ3n) is 3.41. The molecular formula is C17H14N2O2. The van der Waals surface area contributed by atoms with E-state index >= 15 is 0 Å². The SMILES string of the molecule is Nc1ccc(C=CCN2C(=O)c3ccccc3C2=O)cc1. The highest BCUT2D eigenvalue weighted by molar-refractivity contribution is 6.21. The van der Waals surface area contributed by atoms with Gasteiger partial charge in [0.05, 0.1) is 11.1 Å². The Balaban J connectivity index is 1.74. The van der Waals surface area contributed by atoms with Crippen molar-refractivity contribution in [3.05, 3.63) is 71.3 Å². The minimum Gasteiger partial charge on any atom is -0.399 e. The lowest BCUT2D eigenvalue weighted by atomic mass is 10.1. The fourth-order valence-corrected chi connectivity index (χ4v) is 2.31. The number of benzene rings is 2. The molecule has 104 valence electrons. The average Bonchev–Trinajstić information content (AvgIpc) is 2.75. The van der Waals surface area contributed by atoms with Gasteiger partial charge < -0.3 is 5.73 Å². The minimum atomic E-state index is -0.238. The van der Waals surface area contributed by atoms with E-state index < -0.39 is 0 Å². The van der Waals surface area contributed by atoms with Crippen molar-refractivity contribution in [3.8, 4) is 0 Å². The summed E-state index contributed by atoms with van der Waals surface area (Å²) < 4.78 is 0. The van der Waals surface area contributed by atoms with Crippen LogP contribution in [0, 0.1) is 0 Å². The van der Waals surface area contributed by atoms with E-state index in [1.165, 1.54) is 4.90 Å². The molecule has 1 aliphatic rings. The van der Waals surface area contributed by atoms with Gasteiger partial charge in [-0.25, -0.2) is 0 Å². The first-order chi connectivity index (χ1) is 10.2. The quantitative estimate of drug-likeness (QED) is 0.693. The summed E-state index contributed by atoms with van der Waals surface area (Å²) in [6.07, 6.45) is 3.66.